The number of rotatable bonds is 7. The molecule has 1 aromatic carbocycles. The summed E-state index contributed by atoms with van der Waals surface area (Å²) < 4.78 is 0. The zero-order valence-electron chi connectivity index (χ0n) is 12.4. The smallest absolute Gasteiger partial charge is 0.0726 e. The number of anilines is 1. The SMILES string of the molecule is CCc1cc(NCC(CC)CCO)c2ccccc2n1. The molecule has 0 aliphatic carbocycles. The van der Waals surface area contributed by atoms with Crippen molar-refractivity contribution in [3.8, 4) is 0 Å². The lowest BCUT2D eigenvalue weighted by atomic mass is 10.0. The Morgan fingerprint density at radius 2 is 2.05 bits per heavy atom. The third-order valence-corrected chi connectivity index (χ3v) is 3.83. The van der Waals surface area contributed by atoms with Crippen LogP contribution in [-0.2, 0) is 6.42 Å². The first-order valence-electron chi connectivity index (χ1n) is 7.51. The number of pyridine rings is 1. The average molecular weight is 272 g/mol. The number of benzene rings is 1. The van der Waals surface area contributed by atoms with Gasteiger partial charge in [-0.2, -0.15) is 0 Å². The maximum Gasteiger partial charge on any atom is 0.0726 e. The maximum atomic E-state index is 9.08. The number of aromatic nitrogens is 1. The summed E-state index contributed by atoms with van der Waals surface area (Å²) in [6.45, 7) is 5.46. The predicted octanol–water partition coefficient (Wildman–Crippen LogP) is 3.62. The number of nitrogens with one attached hydrogen (secondary N) is 1. The fraction of sp³-hybridized carbons (Fsp3) is 0.471. The number of fused-ring (bicyclic) bond motifs is 1. The lowest BCUT2D eigenvalue weighted by Crippen LogP contribution is -2.15. The largest absolute Gasteiger partial charge is 0.396 e. The van der Waals surface area contributed by atoms with Crippen LogP contribution in [0.3, 0.4) is 0 Å². The standard InChI is InChI=1S/C17H24N2O/c1-3-13(9-10-20)12-18-17-11-14(4-2)19-16-8-6-5-7-15(16)17/h5-8,11,13,20H,3-4,9-10,12H2,1-2H3,(H,18,19). The van der Waals surface area contributed by atoms with Crippen molar-refractivity contribution in [2.75, 3.05) is 18.5 Å². The first-order chi connectivity index (χ1) is 9.78. The van der Waals surface area contributed by atoms with Crippen LogP contribution in [-0.4, -0.2) is 23.2 Å². The lowest BCUT2D eigenvalue weighted by molar-refractivity contribution is 0.258. The monoisotopic (exact) mass is 272 g/mol. The number of hydrogen-bond donors (Lipinski definition) is 2. The second-order valence-electron chi connectivity index (χ2n) is 5.20. The molecule has 0 aliphatic heterocycles. The van der Waals surface area contributed by atoms with E-state index in [0.29, 0.717) is 5.92 Å². The molecule has 108 valence electrons. The highest BCUT2D eigenvalue weighted by atomic mass is 16.3. The Bertz CT molecular complexity index is 554. The predicted molar refractivity (Wildman–Crippen MR) is 85.1 cm³/mol. The van der Waals surface area contributed by atoms with Crippen LogP contribution < -0.4 is 5.32 Å². The number of aliphatic hydroxyl groups excluding tert-OH is 1. The summed E-state index contributed by atoms with van der Waals surface area (Å²) >= 11 is 0. The summed E-state index contributed by atoms with van der Waals surface area (Å²) in [5.74, 6) is 0.511. The summed E-state index contributed by atoms with van der Waals surface area (Å²) in [6, 6.07) is 10.4. The summed E-state index contributed by atoms with van der Waals surface area (Å²) in [5, 5.41) is 13.8. The Labute approximate surface area is 121 Å². The van der Waals surface area contributed by atoms with E-state index < -0.39 is 0 Å². The highest BCUT2D eigenvalue weighted by Gasteiger charge is 2.08. The molecular formula is C17H24N2O. The molecule has 2 aromatic rings. The molecule has 1 heterocycles. The molecule has 0 spiro atoms. The Hall–Kier alpha value is -1.61. The van der Waals surface area contributed by atoms with Crippen molar-refractivity contribution in [2.24, 2.45) is 5.92 Å². The fourth-order valence-electron chi connectivity index (χ4n) is 2.45. The first kappa shape index (κ1) is 14.8. The van der Waals surface area contributed by atoms with Crippen molar-refractivity contribution in [2.45, 2.75) is 33.1 Å². The van der Waals surface area contributed by atoms with Gasteiger partial charge in [-0.25, -0.2) is 0 Å². The van der Waals surface area contributed by atoms with Gasteiger partial charge in [0.15, 0.2) is 0 Å². The van der Waals surface area contributed by atoms with Gasteiger partial charge in [-0.1, -0.05) is 38.5 Å². The van der Waals surface area contributed by atoms with Gasteiger partial charge in [0.05, 0.1) is 5.52 Å². The zero-order valence-corrected chi connectivity index (χ0v) is 12.4. The van der Waals surface area contributed by atoms with Gasteiger partial charge in [-0.3, -0.25) is 4.98 Å². The van der Waals surface area contributed by atoms with Gasteiger partial charge in [0.25, 0.3) is 0 Å². The number of aryl methyl sites for hydroxylation is 1. The van der Waals surface area contributed by atoms with Gasteiger partial charge in [0, 0.05) is 29.9 Å². The molecule has 0 aliphatic rings. The zero-order chi connectivity index (χ0) is 14.4. The summed E-state index contributed by atoms with van der Waals surface area (Å²) in [5.41, 5.74) is 3.31. The maximum absolute atomic E-state index is 9.08. The van der Waals surface area contributed by atoms with Gasteiger partial charge in [-0.15, -0.1) is 0 Å². The van der Waals surface area contributed by atoms with Crippen LogP contribution in [0.25, 0.3) is 10.9 Å². The van der Waals surface area contributed by atoms with Crippen LogP contribution in [0, 0.1) is 5.92 Å². The van der Waals surface area contributed by atoms with Crippen molar-refractivity contribution in [1.29, 1.82) is 0 Å². The molecule has 0 bridgehead atoms. The Morgan fingerprint density at radius 1 is 1.25 bits per heavy atom. The van der Waals surface area contributed by atoms with E-state index in [1.165, 1.54) is 5.39 Å². The van der Waals surface area contributed by atoms with Crippen LogP contribution in [0.15, 0.2) is 30.3 Å². The molecule has 2 rings (SSSR count). The molecule has 3 nitrogen and oxygen atoms in total. The van der Waals surface area contributed by atoms with Crippen LogP contribution >= 0.6 is 0 Å². The molecule has 0 amide bonds. The number of para-hydroxylation sites is 1. The summed E-state index contributed by atoms with van der Waals surface area (Å²) in [4.78, 5) is 4.66. The minimum absolute atomic E-state index is 0.261. The summed E-state index contributed by atoms with van der Waals surface area (Å²) in [7, 11) is 0. The molecular weight excluding hydrogens is 248 g/mol. The van der Waals surface area contributed by atoms with E-state index in [1.54, 1.807) is 0 Å². The highest BCUT2D eigenvalue weighted by molar-refractivity contribution is 5.91. The van der Waals surface area contributed by atoms with E-state index in [1.807, 2.05) is 12.1 Å². The van der Waals surface area contributed by atoms with E-state index in [9.17, 15) is 0 Å². The molecule has 0 saturated carbocycles. The molecule has 0 fully saturated rings. The second-order valence-corrected chi connectivity index (χ2v) is 5.20. The van der Waals surface area contributed by atoms with Gasteiger partial charge >= 0.3 is 0 Å². The Morgan fingerprint density at radius 3 is 2.75 bits per heavy atom. The van der Waals surface area contributed by atoms with Gasteiger partial charge in [-0.05, 0) is 30.9 Å². The molecule has 3 heteroatoms. The second kappa shape index (κ2) is 7.25. The number of nitrogens with zero attached hydrogens (tertiary/aromatic N) is 1. The Balaban J connectivity index is 2.23. The topological polar surface area (TPSA) is 45.1 Å². The van der Waals surface area contributed by atoms with Crippen LogP contribution in [0.1, 0.15) is 32.4 Å². The third kappa shape index (κ3) is 3.48. The van der Waals surface area contributed by atoms with E-state index in [2.05, 4.69) is 42.3 Å². The van der Waals surface area contributed by atoms with Crippen molar-refractivity contribution < 1.29 is 5.11 Å². The average Bonchev–Trinajstić information content (AvgIpc) is 2.50. The molecule has 20 heavy (non-hydrogen) atoms. The molecule has 1 unspecified atom stereocenters. The van der Waals surface area contributed by atoms with E-state index in [0.717, 1.165) is 42.7 Å². The molecule has 2 N–H and O–H groups in total. The highest BCUT2D eigenvalue weighted by Crippen LogP contribution is 2.24. The van der Waals surface area contributed by atoms with Crippen molar-refractivity contribution in [1.82, 2.24) is 4.98 Å². The number of hydrogen-bond acceptors (Lipinski definition) is 3. The quantitative estimate of drug-likeness (QED) is 0.809. The van der Waals surface area contributed by atoms with Crippen LogP contribution in [0.2, 0.25) is 0 Å². The molecule has 1 aromatic heterocycles. The van der Waals surface area contributed by atoms with Crippen molar-refractivity contribution in [3.05, 3.63) is 36.0 Å². The first-order valence-corrected chi connectivity index (χ1v) is 7.51. The van der Waals surface area contributed by atoms with Crippen LogP contribution in [0.5, 0.6) is 0 Å². The van der Waals surface area contributed by atoms with E-state index >= 15 is 0 Å². The third-order valence-electron chi connectivity index (χ3n) is 3.83. The van der Waals surface area contributed by atoms with Gasteiger partial charge < -0.3 is 10.4 Å². The van der Waals surface area contributed by atoms with E-state index in [-0.39, 0.29) is 6.61 Å². The number of aliphatic hydroxyl groups is 1. The van der Waals surface area contributed by atoms with Crippen LogP contribution in [0.4, 0.5) is 5.69 Å². The molecule has 0 saturated heterocycles. The Kier molecular flexibility index (Phi) is 5.36. The normalized spacial score (nSPS) is 12.6. The summed E-state index contributed by atoms with van der Waals surface area (Å²) in [6.07, 6.45) is 2.87. The minimum atomic E-state index is 0.261. The fourth-order valence-corrected chi connectivity index (χ4v) is 2.45. The van der Waals surface area contributed by atoms with Crippen molar-refractivity contribution >= 4 is 16.6 Å². The lowest BCUT2D eigenvalue weighted by Gasteiger charge is -2.17. The molecule has 1 atom stereocenters. The van der Waals surface area contributed by atoms with E-state index in [4.69, 9.17) is 5.11 Å². The minimum Gasteiger partial charge on any atom is -0.396 e. The van der Waals surface area contributed by atoms with Gasteiger partial charge in [0.2, 0.25) is 0 Å². The van der Waals surface area contributed by atoms with Crippen molar-refractivity contribution in [3.63, 3.8) is 0 Å². The van der Waals surface area contributed by atoms with Gasteiger partial charge in [0.1, 0.15) is 0 Å². The molecule has 0 radical (unpaired) electrons.